The Morgan fingerprint density at radius 3 is 2.54 bits per heavy atom. The Morgan fingerprint density at radius 1 is 1.21 bits per heavy atom. The van der Waals surface area contributed by atoms with Gasteiger partial charge in [0.1, 0.15) is 6.04 Å². The summed E-state index contributed by atoms with van der Waals surface area (Å²) in [4.78, 5) is 12.1. The standard InChI is InChI=1S/C19H19N3OS/c20-11-17(22-19(23)18-12-24-13-21-18)10-14-6-8-16(9-7-14)15-4-2-1-3-5-15/h1-9,17-18,21H,10,12-13H2,(H,22,23)/t17-,18?/m0/s1. The second kappa shape index (κ2) is 8.00. The molecule has 1 fully saturated rings. The van der Waals surface area contributed by atoms with Gasteiger partial charge in [-0.2, -0.15) is 5.26 Å². The number of benzene rings is 2. The lowest BCUT2D eigenvalue weighted by Crippen LogP contribution is -2.46. The minimum atomic E-state index is -0.507. The Kier molecular flexibility index (Phi) is 5.52. The van der Waals surface area contributed by atoms with Crippen molar-refractivity contribution >= 4 is 17.7 Å². The lowest BCUT2D eigenvalue weighted by atomic mass is 10.0. The van der Waals surface area contributed by atoms with E-state index in [0.29, 0.717) is 6.42 Å². The Bertz CT molecular complexity index is 719. The highest BCUT2D eigenvalue weighted by molar-refractivity contribution is 7.99. The maximum absolute atomic E-state index is 12.1. The number of hydrogen-bond donors (Lipinski definition) is 2. The number of amides is 1. The molecule has 1 heterocycles. The molecule has 2 atom stereocenters. The van der Waals surface area contributed by atoms with E-state index in [-0.39, 0.29) is 11.9 Å². The van der Waals surface area contributed by atoms with Gasteiger partial charge in [0.25, 0.3) is 0 Å². The van der Waals surface area contributed by atoms with Crippen LogP contribution in [0.4, 0.5) is 0 Å². The second-order valence-corrected chi connectivity index (χ2v) is 6.76. The van der Waals surface area contributed by atoms with E-state index in [1.807, 2.05) is 30.3 Å². The number of thioether (sulfide) groups is 1. The number of hydrogen-bond acceptors (Lipinski definition) is 4. The van der Waals surface area contributed by atoms with Gasteiger partial charge in [0.2, 0.25) is 5.91 Å². The molecule has 1 aliphatic heterocycles. The van der Waals surface area contributed by atoms with Gasteiger partial charge in [-0.1, -0.05) is 54.6 Å². The summed E-state index contributed by atoms with van der Waals surface area (Å²) in [6, 6.07) is 19.8. The molecule has 24 heavy (non-hydrogen) atoms. The number of nitrogens with one attached hydrogen (secondary N) is 2. The van der Waals surface area contributed by atoms with Crippen LogP contribution in [0.5, 0.6) is 0 Å². The zero-order chi connectivity index (χ0) is 16.8. The van der Waals surface area contributed by atoms with Gasteiger partial charge in [-0.15, -0.1) is 11.8 Å². The van der Waals surface area contributed by atoms with E-state index in [0.717, 1.165) is 22.8 Å². The van der Waals surface area contributed by atoms with Crippen molar-refractivity contribution in [3.05, 3.63) is 60.2 Å². The van der Waals surface area contributed by atoms with E-state index in [4.69, 9.17) is 0 Å². The third kappa shape index (κ3) is 4.16. The smallest absolute Gasteiger partial charge is 0.239 e. The van der Waals surface area contributed by atoms with Crippen LogP contribution in [0.15, 0.2) is 54.6 Å². The molecule has 122 valence electrons. The van der Waals surface area contributed by atoms with Crippen LogP contribution in [0.1, 0.15) is 5.56 Å². The summed E-state index contributed by atoms with van der Waals surface area (Å²) in [6.45, 7) is 0. The summed E-state index contributed by atoms with van der Waals surface area (Å²) in [5.74, 6) is 1.46. The van der Waals surface area contributed by atoms with Crippen LogP contribution in [0.25, 0.3) is 11.1 Å². The highest BCUT2D eigenvalue weighted by Crippen LogP contribution is 2.19. The molecule has 3 rings (SSSR count). The summed E-state index contributed by atoms with van der Waals surface area (Å²) in [5, 5.41) is 15.3. The van der Waals surface area contributed by atoms with Crippen LogP contribution in [0, 0.1) is 11.3 Å². The van der Waals surface area contributed by atoms with Crippen molar-refractivity contribution in [3.8, 4) is 17.2 Å². The highest BCUT2D eigenvalue weighted by Gasteiger charge is 2.24. The van der Waals surface area contributed by atoms with Crippen molar-refractivity contribution in [1.29, 1.82) is 5.26 Å². The van der Waals surface area contributed by atoms with E-state index < -0.39 is 6.04 Å². The van der Waals surface area contributed by atoms with Gasteiger partial charge < -0.3 is 5.32 Å². The topological polar surface area (TPSA) is 64.9 Å². The van der Waals surface area contributed by atoms with Gasteiger partial charge in [0, 0.05) is 18.1 Å². The third-order valence-electron chi connectivity index (χ3n) is 4.01. The van der Waals surface area contributed by atoms with Crippen molar-refractivity contribution < 1.29 is 4.79 Å². The summed E-state index contributed by atoms with van der Waals surface area (Å²) in [7, 11) is 0. The van der Waals surface area contributed by atoms with Gasteiger partial charge in [-0.25, -0.2) is 0 Å². The number of nitriles is 1. The molecule has 1 aliphatic rings. The highest BCUT2D eigenvalue weighted by atomic mass is 32.2. The molecule has 1 amide bonds. The lowest BCUT2D eigenvalue weighted by Gasteiger charge is -2.15. The first-order valence-electron chi connectivity index (χ1n) is 7.92. The molecule has 5 heteroatoms. The molecule has 0 radical (unpaired) electrons. The SMILES string of the molecule is N#C[C@H](Cc1ccc(-c2ccccc2)cc1)NC(=O)C1CSCN1. The van der Waals surface area contributed by atoms with Crippen molar-refractivity contribution in [2.24, 2.45) is 0 Å². The van der Waals surface area contributed by atoms with Crippen LogP contribution in [0.2, 0.25) is 0 Å². The molecule has 2 aromatic rings. The van der Waals surface area contributed by atoms with Crippen LogP contribution in [0.3, 0.4) is 0 Å². The summed E-state index contributed by atoms with van der Waals surface area (Å²) in [5.41, 5.74) is 3.35. The Labute approximate surface area is 146 Å². The van der Waals surface area contributed by atoms with Gasteiger partial charge in [-0.3, -0.25) is 10.1 Å². The van der Waals surface area contributed by atoms with E-state index in [9.17, 15) is 10.1 Å². The van der Waals surface area contributed by atoms with Crippen molar-refractivity contribution in [2.45, 2.75) is 18.5 Å². The van der Waals surface area contributed by atoms with E-state index in [2.05, 4.69) is 41.0 Å². The normalized spacial score (nSPS) is 17.9. The first kappa shape index (κ1) is 16.6. The van der Waals surface area contributed by atoms with Gasteiger partial charge in [0.05, 0.1) is 12.1 Å². The molecule has 0 saturated carbocycles. The van der Waals surface area contributed by atoms with Crippen LogP contribution in [-0.4, -0.2) is 29.6 Å². The first-order chi connectivity index (χ1) is 11.8. The summed E-state index contributed by atoms with van der Waals surface area (Å²) >= 11 is 1.69. The van der Waals surface area contributed by atoms with Gasteiger partial charge >= 0.3 is 0 Å². The van der Waals surface area contributed by atoms with Crippen molar-refractivity contribution in [3.63, 3.8) is 0 Å². The van der Waals surface area contributed by atoms with E-state index in [1.54, 1.807) is 11.8 Å². The molecule has 1 saturated heterocycles. The minimum absolute atomic E-state index is 0.0903. The maximum atomic E-state index is 12.1. The summed E-state index contributed by atoms with van der Waals surface area (Å²) < 4.78 is 0. The Hall–Kier alpha value is -2.29. The van der Waals surface area contributed by atoms with Crippen molar-refractivity contribution in [2.75, 3.05) is 11.6 Å². The minimum Gasteiger partial charge on any atom is -0.339 e. The zero-order valence-electron chi connectivity index (χ0n) is 13.2. The fourth-order valence-electron chi connectivity index (χ4n) is 2.66. The second-order valence-electron chi connectivity index (χ2n) is 5.73. The maximum Gasteiger partial charge on any atom is 0.239 e. The third-order valence-corrected chi connectivity index (χ3v) is 4.95. The largest absolute Gasteiger partial charge is 0.339 e. The lowest BCUT2D eigenvalue weighted by molar-refractivity contribution is -0.122. The zero-order valence-corrected chi connectivity index (χ0v) is 14.1. The fraction of sp³-hybridized carbons (Fsp3) is 0.263. The first-order valence-corrected chi connectivity index (χ1v) is 9.07. The molecule has 2 N–H and O–H groups in total. The molecular formula is C19H19N3OS. The summed E-state index contributed by atoms with van der Waals surface area (Å²) in [6.07, 6.45) is 0.511. The molecule has 0 spiro atoms. The molecule has 0 aliphatic carbocycles. The average Bonchev–Trinajstić information content (AvgIpc) is 3.17. The monoisotopic (exact) mass is 337 g/mol. The molecule has 0 bridgehead atoms. The van der Waals surface area contributed by atoms with Crippen LogP contribution >= 0.6 is 11.8 Å². The predicted molar refractivity (Wildman–Crippen MR) is 97.4 cm³/mol. The number of carbonyl (C=O) groups is 1. The van der Waals surface area contributed by atoms with Crippen LogP contribution in [-0.2, 0) is 11.2 Å². The Morgan fingerprint density at radius 2 is 1.92 bits per heavy atom. The van der Waals surface area contributed by atoms with Crippen LogP contribution < -0.4 is 10.6 Å². The quantitative estimate of drug-likeness (QED) is 0.880. The molecule has 0 aromatic heterocycles. The van der Waals surface area contributed by atoms with E-state index in [1.165, 1.54) is 5.56 Å². The van der Waals surface area contributed by atoms with Gasteiger partial charge in [-0.05, 0) is 16.7 Å². The van der Waals surface area contributed by atoms with E-state index >= 15 is 0 Å². The average molecular weight is 337 g/mol. The number of carbonyl (C=O) groups excluding carboxylic acids is 1. The fourth-order valence-corrected chi connectivity index (χ4v) is 3.61. The molecule has 4 nitrogen and oxygen atoms in total. The van der Waals surface area contributed by atoms with Crippen molar-refractivity contribution in [1.82, 2.24) is 10.6 Å². The number of nitrogens with zero attached hydrogens (tertiary/aromatic N) is 1. The molecule has 1 unspecified atom stereocenters. The van der Waals surface area contributed by atoms with Gasteiger partial charge in [0.15, 0.2) is 0 Å². The molecule has 2 aromatic carbocycles. The Balaban J connectivity index is 1.61. The molecular weight excluding hydrogens is 318 g/mol. The predicted octanol–water partition coefficient (Wildman–Crippen LogP) is 2.57. The number of rotatable bonds is 5.